The van der Waals surface area contributed by atoms with Crippen molar-refractivity contribution in [3.63, 3.8) is 0 Å². The Kier molecular flexibility index (Phi) is 4.79. The lowest BCUT2D eigenvalue weighted by Gasteiger charge is -2.11. The molecule has 2 aromatic rings. The molecule has 2 rings (SSSR count). The molecule has 0 bridgehead atoms. The molecule has 0 radical (unpaired) electrons. The van der Waals surface area contributed by atoms with E-state index in [1.807, 2.05) is 24.3 Å². The molecular formula is C16H18N2O3. The highest BCUT2D eigenvalue weighted by Gasteiger charge is 2.12. The third-order valence-corrected chi connectivity index (χ3v) is 3.16. The summed E-state index contributed by atoms with van der Waals surface area (Å²) < 4.78 is 5.10. The summed E-state index contributed by atoms with van der Waals surface area (Å²) in [5.41, 5.74) is 8.31. The van der Waals surface area contributed by atoms with E-state index in [2.05, 4.69) is 5.32 Å². The number of nitrogen functional groups attached to an aromatic ring is 1. The second-order valence-corrected chi connectivity index (χ2v) is 4.58. The largest absolute Gasteiger partial charge is 0.495 e. The Morgan fingerprint density at radius 1 is 1.24 bits per heavy atom. The number of rotatable bonds is 5. The first-order valence-corrected chi connectivity index (χ1v) is 6.55. The molecule has 2 aromatic carbocycles. The number of carbonyl (C=O) groups is 1. The van der Waals surface area contributed by atoms with E-state index >= 15 is 0 Å². The van der Waals surface area contributed by atoms with Crippen LogP contribution in [-0.2, 0) is 13.2 Å². The first kappa shape index (κ1) is 14.9. The van der Waals surface area contributed by atoms with E-state index in [0.717, 1.165) is 11.1 Å². The van der Waals surface area contributed by atoms with Gasteiger partial charge >= 0.3 is 0 Å². The summed E-state index contributed by atoms with van der Waals surface area (Å²) in [5.74, 6) is 0.214. The lowest BCUT2D eigenvalue weighted by Crippen LogP contribution is -2.24. The number of hydrogen-bond acceptors (Lipinski definition) is 4. The van der Waals surface area contributed by atoms with Crippen molar-refractivity contribution in [2.45, 2.75) is 13.2 Å². The molecule has 4 N–H and O–H groups in total. The maximum atomic E-state index is 12.2. The highest BCUT2D eigenvalue weighted by atomic mass is 16.5. The molecule has 0 heterocycles. The van der Waals surface area contributed by atoms with Crippen LogP contribution in [0.4, 0.5) is 5.69 Å². The average Bonchev–Trinajstić information content (AvgIpc) is 2.53. The van der Waals surface area contributed by atoms with Crippen LogP contribution < -0.4 is 15.8 Å². The Hall–Kier alpha value is -2.53. The van der Waals surface area contributed by atoms with Gasteiger partial charge in [0.1, 0.15) is 5.75 Å². The van der Waals surface area contributed by atoms with Crippen LogP contribution in [0.25, 0.3) is 0 Å². The molecule has 5 heteroatoms. The zero-order valence-corrected chi connectivity index (χ0v) is 11.8. The van der Waals surface area contributed by atoms with Crippen LogP contribution >= 0.6 is 0 Å². The molecule has 110 valence electrons. The molecule has 0 saturated carbocycles. The van der Waals surface area contributed by atoms with Crippen LogP contribution in [0.15, 0.2) is 42.5 Å². The molecule has 5 nitrogen and oxygen atoms in total. The van der Waals surface area contributed by atoms with E-state index < -0.39 is 0 Å². The number of nitrogens with two attached hydrogens (primary N) is 1. The summed E-state index contributed by atoms with van der Waals surface area (Å²) in [4.78, 5) is 12.2. The van der Waals surface area contributed by atoms with Crippen LogP contribution in [-0.4, -0.2) is 18.1 Å². The molecule has 1 amide bonds. The van der Waals surface area contributed by atoms with Crippen LogP contribution in [0.3, 0.4) is 0 Å². The maximum absolute atomic E-state index is 12.2. The van der Waals surface area contributed by atoms with Crippen LogP contribution in [0.5, 0.6) is 5.75 Å². The van der Waals surface area contributed by atoms with E-state index in [1.165, 1.54) is 7.11 Å². The molecule has 0 fully saturated rings. The fourth-order valence-electron chi connectivity index (χ4n) is 2.04. The number of nitrogens with one attached hydrogen (secondary N) is 1. The Labute approximate surface area is 123 Å². The van der Waals surface area contributed by atoms with Gasteiger partial charge in [-0.15, -0.1) is 0 Å². The van der Waals surface area contributed by atoms with Crippen LogP contribution in [0.1, 0.15) is 21.5 Å². The van der Waals surface area contributed by atoms with Crippen LogP contribution in [0.2, 0.25) is 0 Å². The number of methoxy groups -OCH3 is 1. The third-order valence-electron chi connectivity index (χ3n) is 3.16. The SMILES string of the molecule is COc1cccc(C(=O)NCc2cccc(CO)c2)c1N. The number of aliphatic hydroxyl groups excluding tert-OH is 1. The molecular weight excluding hydrogens is 268 g/mol. The second kappa shape index (κ2) is 6.76. The Bertz CT molecular complexity index is 641. The molecule has 0 saturated heterocycles. The lowest BCUT2D eigenvalue weighted by atomic mass is 10.1. The zero-order valence-electron chi connectivity index (χ0n) is 11.8. The van der Waals surface area contributed by atoms with Crippen molar-refractivity contribution < 1.29 is 14.6 Å². The first-order chi connectivity index (χ1) is 10.2. The topological polar surface area (TPSA) is 84.6 Å². The van der Waals surface area contributed by atoms with Crippen molar-refractivity contribution in [1.29, 1.82) is 0 Å². The average molecular weight is 286 g/mol. The summed E-state index contributed by atoms with van der Waals surface area (Å²) in [6.45, 7) is 0.341. The van der Waals surface area contributed by atoms with E-state index in [4.69, 9.17) is 15.6 Å². The monoisotopic (exact) mass is 286 g/mol. The van der Waals surface area contributed by atoms with E-state index in [0.29, 0.717) is 23.5 Å². The van der Waals surface area contributed by atoms with Crippen molar-refractivity contribution in [1.82, 2.24) is 5.32 Å². The van der Waals surface area contributed by atoms with Crippen LogP contribution in [0, 0.1) is 0 Å². The first-order valence-electron chi connectivity index (χ1n) is 6.55. The van der Waals surface area contributed by atoms with E-state index in [-0.39, 0.29) is 12.5 Å². The predicted octanol–water partition coefficient (Wildman–Crippen LogP) is 1.70. The Morgan fingerprint density at radius 2 is 1.95 bits per heavy atom. The van der Waals surface area contributed by atoms with Gasteiger partial charge in [-0.25, -0.2) is 0 Å². The van der Waals surface area contributed by atoms with Gasteiger partial charge in [0.2, 0.25) is 0 Å². The minimum absolute atomic E-state index is 0.0232. The number of aliphatic hydroxyl groups is 1. The fourth-order valence-corrected chi connectivity index (χ4v) is 2.04. The van der Waals surface area contributed by atoms with Gasteiger partial charge in [0.25, 0.3) is 5.91 Å². The quantitative estimate of drug-likeness (QED) is 0.730. The standard InChI is InChI=1S/C16H18N2O3/c1-21-14-7-3-6-13(15(14)17)16(20)18-9-11-4-2-5-12(8-11)10-19/h2-8,19H,9-10,17H2,1H3,(H,18,20). The van der Waals surface area contributed by atoms with Gasteiger partial charge in [0, 0.05) is 6.54 Å². The Morgan fingerprint density at radius 3 is 2.67 bits per heavy atom. The molecule has 0 unspecified atom stereocenters. The van der Waals surface area contributed by atoms with Crippen molar-refractivity contribution >= 4 is 11.6 Å². The second-order valence-electron chi connectivity index (χ2n) is 4.58. The molecule has 0 atom stereocenters. The summed E-state index contributed by atoms with van der Waals surface area (Å²) >= 11 is 0. The summed E-state index contributed by atoms with van der Waals surface area (Å²) in [5, 5.41) is 11.9. The summed E-state index contributed by atoms with van der Waals surface area (Å²) in [6, 6.07) is 12.5. The van der Waals surface area contributed by atoms with Crippen molar-refractivity contribution in [2.24, 2.45) is 0 Å². The number of benzene rings is 2. The maximum Gasteiger partial charge on any atom is 0.253 e. The predicted molar refractivity (Wildman–Crippen MR) is 80.9 cm³/mol. The van der Waals surface area contributed by atoms with Gasteiger partial charge in [-0.05, 0) is 23.3 Å². The molecule has 0 spiro atoms. The van der Waals surface area contributed by atoms with Gasteiger partial charge in [-0.1, -0.05) is 30.3 Å². The molecule has 0 aliphatic heterocycles. The smallest absolute Gasteiger partial charge is 0.253 e. The minimum Gasteiger partial charge on any atom is -0.495 e. The van der Waals surface area contributed by atoms with Gasteiger partial charge in [0.15, 0.2) is 0 Å². The van der Waals surface area contributed by atoms with Crippen molar-refractivity contribution in [3.05, 3.63) is 59.2 Å². The normalized spacial score (nSPS) is 10.2. The molecule has 0 aliphatic carbocycles. The van der Waals surface area contributed by atoms with Gasteiger partial charge in [-0.3, -0.25) is 4.79 Å². The Balaban J connectivity index is 2.08. The lowest BCUT2D eigenvalue weighted by molar-refractivity contribution is 0.0951. The number of para-hydroxylation sites is 1. The summed E-state index contributed by atoms with van der Waals surface area (Å²) in [7, 11) is 1.51. The van der Waals surface area contributed by atoms with E-state index in [9.17, 15) is 4.79 Å². The number of carbonyl (C=O) groups excluding carboxylic acids is 1. The highest BCUT2D eigenvalue weighted by molar-refractivity contribution is 6.00. The highest BCUT2D eigenvalue weighted by Crippen LogP contribution is 2.24. The number of ether oxygens (including phenoxy) is 1. The fraction of sp³-hybridized carbons (Fsp3) is 0.188. The molecule has 21 heavy (non-hydrogen) atoms. The molecule has 0 aliphatic rings. The van der Waals surface area contributed by atoms with Crippen molar-refractivity contribution in [3.8, 4) is 5.75 Å². The molecule has 0 aromatic heterocycles. The van der Waals surface area contributed by atoms with Gasteiger partial charge in [-0.2, -0.15) is 0 Å². The van der Waals surface area contributed by atoms with E-state index in [1.54, 1.807) is 18.2 Å². The number of anilines is 1. The number of hydrogen-bond donors (Lipinski definition) is 3. The summed E-state index contributed by atoms with van der Waals surface area (Å²) in [6.07, 6.45) is 0. The minimum atomic E-state index is -0.263. The zero-order chi connectivity index (χ0) is 15.2. The van der Waals surface area contributed by atoms with Gasteiger partial charge < -0.3 is 20.9 Å². The van der Waals surface area contributed by atoms with Crippen molar-refractivity contribution in [2.75, 3.05) is 12.8 Å². The van der Waals surface area contributed by atoms with Gasteiger partial charge in [0.05, 0.1) is 25.0 Å². The third kappa shape index (κ3) is 3.52. The number of amides is 1.